The van der Waals surface area contributed by atoms with Gasteiger partial charge >= 0.3 is 5.97 Å². The Hall–Kier alpha value is -1.36. The molecule has 1 saturated heterocycles. The minimum absolute atomic E-state index is 0.0287. The molecule has 3 rings (SSSR count). The van der Waals surface area contributed by atoms with E-state index in [2.05, 4.69) is 5.32 Å². The number of carboxylic acid groups (broad SMARTS) is 1. The second-order valence-electron chi connectivity index (χ2n) is 5.72. The molecule has 2 bridgehead atoms. The number of ether oxygens (including phenoxy) is 1. The fourth-order valence-electron chi connectivity index (χ4n) is 3.65. The van der Waals surface area contributed by atoms with Gasteiger partial charge in [-0.25, -0.2) is 0 Å². The summed E-state index contributed by atoms with van der Waals surface area (Å²) in [6.07, 6.45) is 6.86. The summed E-state index contributed by atoms with van der Waals surface area (Å²) in [5, 5.41) is 12.2. The molecule has 5 nitrogen and oxygen atoms in total. The molecule has 104 valence electrons. The molecule has 19 heavy (non-hydrogen) atoms. The monoisotopic (exact) mass is 265 g/mol. The van der Waals surface area contributed by atoms with Crippen LogP contribution in [0.1, 0.15) is 19.3 Å². The van der Waals surface area contributed by atoms with Crippen molar-refractivity contribution in [3.63, 3.8) is 0 Å². The van der Waals surface area contributed by atoms with Gasteiger partial charge in [-0.05, 0) is 31.1 Å². The number of fused-ring (bicyclic) bond motifs is 2. The van der Waals surface area contributed by atoms with E-state index >= 15 is 0 Å². The Kier molecular flexibility index (Phi) is 3.31. The molecule has 0 radical (unpaired) electrons. The van der Waals surface area contributed by atoms with Crippen molar-refractivity contribution in [3.8, 4) is 0 Å². The van der Waals surface area contributed by atoms with E-state index in [4.69, 9.17) is 4.74 Å². The van der Waals surface area contributed by atoms with E-state index in [1.807, 2.05) is 12.2 Å². The van der Waals surface area contributed by atoms with Gasteiger partial charge in [-0.15, -0.1) is 0 Å². The van der Waals surface area contributed by atoms with Crippen molar-refractivity contribution in [2.24, 2.45) is 23.7 Å². The van der Waals surface area contributed by atoms with Gasteiger partial charge in [0.1, 0.15) is 0 Å². The van der Waals surface area contributed by atoms with Crippen molar-refractivity contribution >= 4 is 11.9 Å². The van der Waals surface area contributed by atoms with Gasteiger partial charge in [-0.3, -0.25) is 9.59 Å². The minimum Gasteiger partial charge on any atom is -0.481 e. The largest absolute Gasteiger partial charge is 0.481 e. The maximum atomic E-state index is 12.2. The van der Waals surface area contributed by atoms with Gasteiger partial charge in [0, 0.05) is 13.2 Å². The maximum absolute atomic E-state index is 12.2. The van der Waals surface area contributed by atoms with Gasteiger partial charge in [-0.2, -0.15) is 0 Å². The highest BCUT2D eigenvalue weighted by atomic mass is 16.5. The highest BCUT2D eigenvalue weighted by Gasteiger charge is 2.51. The van der Waals surface area contributed by atoms with Crippen molar-refractivity contribution in [2.75, 3.05) is 13.2 Å². The van der Waals surface area contributed by atoms with Crippen molar-refractivity contribution in [1.82, 2.24) is 5.32 Å². The van der Waals surface area contributed by atoms with E-state index in [1.54, 1.807) is 0 Å². The van der Waals surface area contributed by atoms with E-state index in [9.17, 15) is 14.7 Å². The van der Waals surface area contributed by atoms with Gasteiger partial charge in [0.25, 0.3) is 0 Å². The average molecular weight is 265 g/mol. The molecule has 0 aromatic rings. The van der Waals surface area contributed by atoms with Crippen LogP contribution < -0.4 is 5.32 Å². The van der Waals surface area contributed by atoms with E-state index in [0.717, 1.165) is 25.9 Å². The summed E-state index contributed by atoms with van der Waals surface area (Å²) in [5.41, 5.74) is 0. The zero-order chi connectivity index (χ0) is 13.4. The predicted octanol–water partition coefficient (Wildman–Crippen LogP) is 0.804. The second-order valence-corrected chi connectivity index (χ2v) is 5.72. The lowest BCUT2D eigenvalue weighted by atomic mass is 9.82. The molecule has 0 unspecified atom stereocenters. The smallest absolute Gasteiger partial charge is 0.307 e. The molecule has 2 fully saturated rings. The van der Waals surface area contributed by atoms with Gasteiger partial charge in [-0.1, -0.05) is 12.2 Å². The summed E-state index contributed by atoms with van der Waals surface area (Å²) < 4.78 is 5.46. The first-order valence-corrected chi connectivity index (χ1v) is 6.97. The van der Waals surface area contributed by atoms with Crippen LogP contribution >= 0.6 is 0 Å². The molecule has 1 aliphatic heterocycles. The molecular weight excluding hydrogens is 246 g/mol. The first-order chi connectivity index (χ1) is 9.16. The quantitative estimate of drug-likeness (QED) is 0.737. The summed E-state index contributed by atoms with van der Waals surface area (Å²) >= 11 is 0. The van der Waals surface area contributed by atoms with Crippen LogP contribution in [-0.4, -0.2) is 36.2 Å². The molecule has 1 saturated carbocycles. The third kappa shape index (κ3) is 2.27. The number of amides is 1. The van der Waals surface area contributed by atoms with Crippen LogP contribution in [-0.2, 0) is 14.3 Å². The molecule has 1 amide bonds. The molecule has 2 aliphatic carbocycles. The van der Waals surface area contributed by atoms with E-state index in [-0.39, 0.29) is 23.8 Å². The first-order valence-electron chi connectivity index (χ1n) is 6.97. The predicted molar refractivity (Wildman–Crippen MR) is 67.3 cm³/mol. The van der Waals surface area contributed by atoms with Crippen molar-refractivity contribution < 1.29 is 19.4 Å². The molecule has 1 heterocycles. The van der Waals surface area contributed by atoms with Crippen LogP contribution in [0.3, 0.4) is 0 Å². The molecule has 5 atom stereocenters. The number of hydrogen-bond acceptors (Lipinski definition) is 3. The molecule has 3 aliphatic rings. The van der Waals surface area contributed by atoms with Crippen molar-refractivity contribution in [1.29, 1.82) is 0 Å². The zero-order valence-electron chi connectivity index (χ0n) is 10.7. The number of rotatable bonds is 4. The van der Waals surface area contributed by atoms with Gasteiger partial charge in [0.2, 0.25) is 5.91 Å². The number of carboxylic acids is 1. The molecular formula is C14H19NO4. The van der Waals surface area contributed by atoms with Crippen LogP contribution in [0.4, 0.5) is 0 Å². The Balaban J connectivity index is 1.62. The number of carbonyl (C=O) groups excluding carboxylic acids is 1. The zero-order valence-corrected chi connectivity index (χ0v) is 10.7. The van der Waals surface area contributed by atoms with Crippen LogP contribution in [0.2, 0.25) is 0 Å². The Morgan fingerprint density at radius 3 is 2.63 bits per heavy atom. The highest BCUT2D eigenvalue weighted by Crippen LogP contribution is 2.48. The lowest BCUT2D eigenvalue weighted by Gasteiger charge is -2.24. The summed E-state index contributed by atoms with van der Waals surface area (Å²) in [6.45, 7) is 1.26. The fraction of sp³-hybridized carbons (Fsp3) is 0.714. The summed E-state index contributed by atoms with van der Waals surface area (Å²) in [6, 6.07) is 0. The van der Waals surface area contributed by atoms with E-state index < -0.39 is 17.8 Å². The van der Waals surface area contributed by atoms with E-state index in [0.29, 0.717) is 6.54 Å². The average Bonchev–Trinajstić information content (AvgIpc) is 3.10. The number of hydrogen-bond donors (Lipinski definition) is 2. The highest BCUT2D eigenvalue weighted by molar-refractivity contribution is 5.86. The third-order valence-electron chi connectivity index (χ3n) is 4.58. The fourth-order valence-corrected chi connectivity index (χ4v) is 3.65. The molecule has 0 spiro atoms. The van der Waals surface area contributed by atoms with Crippen molar-refractivity contribution in [2.45, 2.75) is 25.4 Å². The van der Waals surface area contributed by atoms with Crippen LogP contribution in [0, 0.1) is 23.7 Å². The van der Waals surface area contributed by atoms with E-state index in [1.165, 1.54) is 0 Å². The van der Waals surface area contributed by atoms with Gasteiger partial charge in [0.15, 0.2) is 0 Å². The summed E-state index contributed by atoms with van der Waals surface area (Å²) in [5.74, 6) is -1.82. The molecule has 2 N–H and O–H groups in total. The maximum Gasteiger partial charge on any atom is 0.307 e. The summed E-state index contributed by atoms with van der Waals surface area (Å²) in [4.78, 5) is 23.6. The molecule has 0 aromatic carbocycles. The number of carbonyl (C=O) groups is 2. The van der Waals surface area contributed by atoms with Crippen molar-refractivity contribution in [3.05, 3.63) is 12.2 Å². The Morgan fingerprint density at radius 2 is 2.00 bits per heavy atom. The summed E-state index contributed by atoms with van der Waals surface area (Å²) in [7, 11) is 0. The Bertz CT molecular complexity index is 414. The SMILES string of the molecule is O=C(NC[C@H]1CCCO1)[C@@H]1[C@H](C(=O)O)[C@H]2C=C[C@H]1C2. The van der Waals surface area contributed by atoms with Gasteiger partial charge in [0.05, 0.1) is 17.9 Å². The van der Waals surface area contributed by atoms with Crippen LogP contribution in [0.25, 0.3) is 0 Å². The lowest BCUT2D eigenvalue weighted by Crippen LogP contribution is -2.42. The second kappa shape index (κ2) is 4.96. The van der Waals surface area contributed by atoms with Crippen LogP contribution in [0.15, 0.2) is 12.2 Å². The third-order valence-corrected chi connectivity index (χ3v) is 4.58. The molecule has 5 heteroatoms. The Morgan fingerprint density at radius 1 is 1.26 bits per heavy atom. The number of allylic oxidation sites excluding steroid dienone is 2. The number of aliphatic carboxylic acids is 1. The minimum atomic E-state index is -0.853. The van der Waals surface area contributed by atoms with Crippen LogP contribution in [0.5, 0.6) is 0 Å². The first kappa shape index (κ1) is 12.7. The lowest BCUT2D eigenvalue weighted by molar-refractivity contribution is -0.147. The normalized spacial score (nSPS) is 39.7. The molecule has 0 aromatic heterocycles. The Labute approximate surface area is 112 Å². The standard InChI is InChI=1S/C14H19NO4/c16-13(15-7-10-2-1-5-19-10)11-8-3-4-9(6-8)12(11)14(17)18/h3-4,8-12H,1-2,5-7H2,(H,15,16)(H,17,18)/t8-,9-,10+,11-,12+/m0/s1. The number of nitrogens with one attached hydrogen (secondary N) is 1. The topological polar surface area (TPSA) is 75.6 Å². The van der Waals surface area contributed by atoms with Gasteiger partial charge < -0.3 is 15.2 Å².